The molecule has 1 heterocycles. The van der Waals surface area contributed by atoms with E-state index in [9.17, 15) is 0 Å². The van der Waals surface area contributed by atoms with Gasteiger partial charge in [0.2, 0.25) is 0 Å². The molecule has 0 saturated carbocycles. The Hall–Kier alpha value is -0.875. The van der Waals surface area contributed by atoms with Crippen LogP contribution in [0.1, 0.15) is 5.56 Å². The molecule has 1 fully saturated rings. The first-order chi connectivity index (χ1) is 7.75. The largest absolute Gasteiger partial charge is 0.488 e. The Bertz CT molecular complexity index is 323. The Morgan fingerprint density at radius 3 is 2.31 bits per heavy atom. The fraction of sp³-hybridized carbons (Fsp3) is 0.455. The summed E-state index contributed by atoms with van der Waals surface area (Å²) in [7, 11) is -1.37. The maximum Gasteiger partial charge on any atom is 0.488 e. The number of piperazine rings is 1. The van der Waals surface area contributed by atoms with Crippen LogP contribution in [-0.4, -0.2) is 48.2 Å². The van der Waals surface area contributed by atoms with Crippen molar-refractivity contribution in [2.24, 2.45) is 0 Å². The zero-order valence-corrected chi connectivity index (χ0v) is 9.26. The van der Waals surface area contributed by atoms with Gasteiger partial charge in [-0.15, -0.1) is 0 Å². The van der Waals surface area contributed by atoms with E-state index in [2.05, 4.69) is 10.2 Å². The maximum atomic E-state index is 8.97. The van der Waals surface area contributed by atoms with E-state index in [4.69, 9.17) is 10.0 Å². The lowest BCUT2D eigenvalue weighted by atomic mass is 9.80. The van der Waals surface area contributed by atoms with Crippen LogP contribution in [0, 0.1) is 0 Å². The van der Waals surface area contributed by atoms with E-state index in [-0.39, 0.29) is 0 Å². The van der Waals surface area contributed by atoms with Gasteiger partial charge in [0.15, 0.2) is 0 Å². The molecule has 0 amide bonds. The topological polar surface area (TPSA) is 55.7 Å². The molecule has 0 spiro atoms. The van der Waals surface area contributed by atoms with Crippen molar-refractivity contribution in [3.63, 3.8) is 0 Å². The molecular formula is C11H17BN2O2. The van der Waals surface area contributed by atoms with Crippen molar-refractivity contribution < 1.29 is 10.0 Å². The van der Waals surface area contributed by atoms with Crippen molar-refractivity contribution in [3.05, 3.63) is 29.8 Å². The monoisotopic (exact) mass is 220 g/mol. The highest BCUT2D eigenvalue weighted by Crippen LogP contribution is 2.04. The molecule has 0 radical (unpaired) electrons. The molecule has 5 heteroatoms. The molecule has 0 bridgehead atoms. The van der Waals surface area contributed by atoms with Crippen LogP contribution in [-0.2, 0) is 6.54 Å². The Labute approximate surface area is 96.0 Å². The zero-order chi connectivity index (χ0) is 11.4. The summed E-state index contributed by atoms with van der Waals surface area (Å²) in [6.07, 6.45) is 0. The molecule has 0 atom stereocenters. The van der Waals surface area contributed by atoms with Crippen LogP contribution >= 0.6 is 0 Å². The van der Waals surface area contributed by atoms with Gasteiger partial charge in [0.1, 0.15) is 0 Å². The summed E-state index contributed by atoms with van der Waals surface area (Å²) < 4.78 is 0. The van der Waals surface area contributed by atoms with Crippen LogP contribution in [0.5, 0.6) is 0 Å². The quantitative estimate of drug-likeness (QED) is 0.558. The zero-order valence-electron chi connectivity index (χ0n) is 9.26. The molecule has 1 aromatic rings. The molecular weight excluding hydrogens is 203 g/mol. The standard InChI is InChI=1S/C11H17BN2O2/c15-12(16)11-3-1-10(2-4-11)9-14-7-5-13-6-8-14/h1-4,13,15-16H,5-9H2. The molecule has 2 rings (SSSR count). The fourth-order valence-corrected chi connectivity index (χ4v) is 1.92. The highest BCUT2D eigenvalue weighted by atomic mass is 16.4. The van der Waals surface area contributed by atoms with Gasteiger partial charge in [0.05, 0.1) is 0 Å². The first kappa shape index (κ1) is 11.6. The van der Waals surface area contributed by atoms with Crippen LogP contribution in [0.2, 0.25) is 0 Å². The first-order valence-electron chi connectivity index (χ1n) is 5.64. The third kappa shape index (κ3) is 3.06. The van der Waals surface area contributed by atoms with Crippen molar-refractivity contribution in [2.45, 2.75) is 6.54 Å². The lowest BCUT2D eigenvalue weighted by Gasteiger charge is -2.27. The van der Waals surface area contributed by atoms with Crippen molar-refractivity contribution >= 4 is 12.6 Å². The Kier molecular flexibility index (Phi) is 3.95. The van der Waals surface area contributed by atoms with E-state index >= 15 is 0 Å². The van der Waals surface area contributed by atoms with Gasteiger partial charge in [-0.2, -0.15) is 0 Å². The lowest BCUT2D eigenvalue weighted by Crippen LogP contribution is -2.42. The smallest absolute Gasteiger partial charge is 0.423 e. The minimum atomic E-state index is -1.37. The third-order valence-corrected chi connectivity index (χ3v) is 2.89. The van der Waals surface area contributed by atoms with Gasteiger partial charge < -0.3 is 15.4 Å². The second kappa shape index (κ2) is 5.45. The van der Waals surface area contributed by atoms with Crippen LogP contribution in [0.3, 0.4) is 0 Å². The summed E-state index contributed by atoms with van der Waals surface area (Å²) in [5.74, 6) is 0. The highest BCUT2D eigenvalue weighted by molar-refractivity contribution is 6.58. The van der Waals surface area contributed by atoms with Crippen LogP contribution in [0.25, 0.3) is 0 Å². The van der Waals surface area contributed by atoms with Crippen molar-refractivity contribution in [2.75, 3.05) is 26.2 Å². The molecule has 3 N–H and O–H groups in total. The Morgan fingerprint density at radius 2 is 1.75 bits per heavy atom. The highest BCUT2D eigenvalue weighted by Gasteiger charge is 2.12. The van der Waals surface area contributed by atoms with Crippen molar-refractivity contribution in [1.29, 1.82) is 0 Å². The summed E-state index contributed by atoms with van der Waals surface area (Å²) >= 11 is 0. The van der Waals surface area contributed by atoms with Crippen LogP contribution in [0.4, 0.5) is 0 Å². The molecule has 0 aliphatic carbocycles. The van der Waals surface area contributed by atoms with Gasteiger partial charge in [-0.3, -0.25) is 4.90 Å². The molecule has 86 valence electrons. The van der Waals surface area contributed by atoms with Gasteiger partial charge in [-0.25, -0.2) is 0 Å². The van der Waals surface area contributed by atoms with E-state index in [1.165, 1.54) is 5.56 Å². The van der Waals surface area contributed by atoms with Crippen LogP contribution in [0.15, 0.2) is 24.3 Å². The molecule has 0 aromatic heterocycles. The van der Waals surface area contributed by atoms with Gasteiger partial charge in [-0.1, -0.05) is 24.3 Å². The van der Waals surface area contributed by atoms with Crippen LogP contribution < -0.4 is 10.8 Å². The van der Waals surface area contributed by atoms with Gasteiger partial charge in [0.25, 0.3) is 0 Å². The number of hydrogen-bond acceptors (Lipinski definition) is 4. The average Bonchev–Trinajstić information content (AvgIpc) is 2.31. The minimum Gasteiger partial charge on any atom is -0.423 e. The number of nitrogens with zero attached hydrogens (tertiary/aromatic N) is 1. The van der Waals surface area contributed by atoms with Crippen molar-refractivity contribution in [1.82, 2.24) is 10.2 Å². The molecule has 16 heavy (non-hydrogen) atoms. The summed E-state index contributed by atoms with van der Waals surface area (Å²) in [6.45, 7) is 5.18. The van der Waals surface area contributed by atoms with E-state index in [0.717, 1.165) is 32.7 Å². The normalized spacial score (nSPS) is 17.4. The predicted molar refractivity (Wildman–Crippen MR) is 64.4 cm³/mol. The van der Waals surface area contributed by atoms with Gasteiger partial charge in [-0.05, 0) is 11.0 Å². The lowest BCUT2D eigenvalue weighted by molar-refractivity contribution is 0.233. The Balaban J connectivity index is 1.93. The number of nitrogens with one attached hydrogen (secondary N) is 1. The molecule has 0 unspecified atom stereocenters. The fourth-order valence-electron chi connectivity index (χ4n) is 1.92. The number of hydrogen-bond donors (Lipinski definition) is 3. The van der Waals surface area contributed by atoms with E-state index in [1.54, 1.807) is 12.1 Å². The molecule has 1 saturated heterocycles. The average molecular weight is 220 g/mol. The Morgan fingerprint density at radius 1 is 1.12 bits per heavy atom. The summed E-state index contributed by atoms with van der Waals surface area (Å²) in [5, 5.41) is 21.3. The van der Waals surface area contributed by atoms with Gasteiger partial charge in [0, 0.05) is 32.7 Å². The predicted octanol–water partition coefficient (Wildman–Crippen LogP) is -1.23. The van der Waals surface area contributed by atoms with Gasteiger partial charge >= 0.3 is 7.12 Å². The van der Waals surface area contributed by atoms with E-state index < -0.39 is 7.12 Å². The third-order valence-electron chi connectivity index (χ3n) is 2.89. The summed E-state index contributed by atoms with van der Waals surface area (Å²) in [6, 6.07) is 7.44. The molecule has 1 aliphatic heterocycles. The number of benzene rings is 1. The molecule has 4 nitrogen and oxygen atoms in total. The molecule has 1 aromatic carbocycles. The maximum absolute atomic E-state index is 8.97. The minimum absolute atomic E-state index is 0.545. The van der Waals surface area contributed by atoms with E-state index in [1.807, 2.05) is 12.1 Å². The second-order valence-electron chi connectivity index (χ2n) is 4.14. The number of rotatable bonds is 3. The second-order valence-corrected chi connectivity index (χ2v) is 4.14. The SMILES string of the molecule is OB(O)c1ccc(CN2CCNCC2)cc1. The summed E-state index contributed by atoms with van der Waals surface area (Å²) in [4.78, 5) is 2.39. The first-order valence-corrected chi connectivity index (χ1v) is 5.64. The molecule has 1 aliphatic rings. The van der Waals surface area contributed by atoms with E-state index in [0.29, 0.717) is 5.46 Å². The van der Waals surface area contributed by atoms with Crippen molar-refractivity contribution in [3.8, 4) is 0 Å². The summed E-state index contributed by atoms with van der Waals surface area (Å²) in [5.41, 5.74) is 1.76.